The van der Waals surface area contributed by atoms with E-state index < -0.39 is 0 Å². The number of rotatable bonds is 8. The molecule has 0 bridgehead atoms. The molecule has 1 fully saturated rings. The third-order valence-corrected chi connectivity index (χ3v) is 8.25. The molecular formula is C30H33ClN2O3S. The SMILES string of the molecule is COc1cc(C)c([C@H](C)NC(=O)c2ccc([C@H]3SCC(=O)N3Cc3ccc(Cl)cc3)cc2)cc1C(C)C. The molecule has 1 aliphatic heterocycles. The Morgan fingerprint density at radius 2 is 1.76 bits per heavy atom. The van der Waals surface area contributed by atoms with Crippen molar-refractivity contribution >= 4 is 35.2 Å². The second-order valence-electron chi connectivity index (χ2n) is 9.73. The standard InChI is InChI=1S/C30H33ClN2O3S/c1-18(2)25-15-26(19(3)14-27(25)36-5)20(4)32-29(35)22-8-10-23(11-9-22)30-33(28(34)17-37-30)16-21-6-12-24(31)13-7-21/h6-15,18,20,30H,16-17H2,1-5H3,(H,32,35)/t20-,30+/m0/s1. The predicted octanol–water partition coefficient (Wildman–Crippen LogP) is 7.05. The van der Waals surface area contributed by atoms with Crippen LogP contribution in [0.25, 0.3) is 0 Å². The minimum atomic E-state index is -0.159. The molecule has 1 N–H and O–H groups in total. The highest BCUT2D eigenvalue weighted by Crippen LogP contribution is 2.39. The van der Waals surface area contributed by atoms with Crippen molar-refractivity contribution in [2.24, 2.45) is 0 Å². The number of carbonyl (C=O) groups excluding carboxylic acids is 2. The number of hydrogen-bond donors (Lipinski definition) is 1. The van der Waals surface area contributed by atoms with Gasteiger partial charge in [0, 0.05) is 17.1 Å². The van der Waals surface area contributed by atoms with Crippen LogP contribution in [0.1, 0.15) is 76.3 Å². The van der Waals surface area contributed by atoms with E-state index in [1.54, 1.807) is 18.9 Å². The van der Waals surface area contributed by atoms with E-state index in [1.807, 2.05) is 73.3 Å². The minimum Gasteiger partial charge on any atom is -0.496 e. The molecule has 1 aliphatic rings. The largest absolute Gasteiger partial charge is 0.496 e. The quantitative estimate of drug-likeness (QED) is 0.335. The summed E-state index contributed by atoms with van der Waals surface area (Å²) in [5.41, 5.74) is 5.90. The highest BCUT2D eigenvalue weighted by molar-refractivity contribution is 8.00. The van der Waals surface area contributed by atoms with Crippen LogP contribution in [0.3, 0.4) is 0 Å². The molecule has 3 aromatic rings. The number of carbonyl (C=O) groups is 2. The first kappa shape index (κ1) is 27.1. The van der Waals surface area contributed by atoms with Gasteiger partial charge < -0.3 is 15.0 Å². The molecule has 4 rings (SSSR count). The Balaban J connectivity index is 1.46. The summed E-state index contributed by atoms with van der Waals surface area (Å²) in [7, 11) is 1.69. The van der Waals surface area contributed by atoms with Crippen molar-refractivity contribution in [2.45, 2.75) is 51.6 Å². The van der Waals surface area contributed by atoms with Crippen LogP contribution in [0.5, 0.6) is 5.75 Å². The smallest absolute Gasteiger partial charge is 0.251 e. The molecule has 0 radical (unpaired) electrons. The fourth-order valence-corrected chi connectivity index (χ4v) is 5.97. The van der Waals surface area contributed by atoms with Crippen molar-refractivity contribution in [3.05, 3.63) is 99.1 Å². The Kier molecular flexibility index (Phi) is 8.50. The van der Waals surface area contributed by atoms with Crippen LogP contribution >= 0.6 is 23.4 Å². The molecule has 2 amide bonds. The van der Waals surface area contributed by atoms with Gasteiger partial charge in [0.2, 0.25) is 5.91 Å². The molecule has 1 saturated heterocycles. The number of benzene rings is 3. The van der Waals surface area contributed by atoms with Crippen molar-refractivity contribution in [1.82, 2.24) is 10.2 Å². The Hall–Kier alpha value is -2.96. The first-order valence-corrected chi connectivity index (χ1v) is 13.9. The third kappa shape index (κ3) is 6.13. The lowest BCUT2D eigenvalue weighted by molar-refractivity contribution is -0.128. The first-order chi connectivity index (χ1) is 17.7. The maximum absolute atomic E-state index is 13.1. The van der Waals surface area contributed by atoms with Gasteiger partial charge in [-0.1, -0.05) is 49.7 Å². The van der Waals surface area contributed by atoms with Crippen LogP contribution in [0.15, 0.2) is 60.7 Å². The van der Waals surface area contributed by atoms with Crippen molar-refractivity contribution in [1.29, 1.82) is 0 Å². The zero-order valence-electron chi connectivity index (χ0n) is 21.9. The van der Waals surface area contributed by atoms with Gasteiger partial charge in [-0.05, 0) is 84.0 Å². The lowest BCUT2D eigenvalue weighted by atomic mass is 9.93. The van der Waals surface area contributed by atoms with Gasteiger partial charge in [0.05, 0.1) is 18.9 Å². The molecule has 194 valence electrons. The topological polar surface area (TPSA) is 58.6 Å². The van der Waals surface area contributed by atoms with Crippen molar-refractivity contribution < 1.29 is 14.3 Å². The Labute approximate surface area is 228 Å². The van der Waals surface area contributed by atoms with Gasteiger partial charge in [-0.25, -0.2) is 0 Å². The summed E-state index contributed by atoms with van der Waals surface area (Å²) in [5.74, 6) is 1.60. The van der Waals surface area contributed by atoms with E-state index in [-0.39, 0.29) is 23.2 Å². The number of amides is 2. The van der Waals surface area contributed by atoms with Gasteiger partial charge in [0.1, 0.15) is 11.1 Å². The molecule has 0 saturated carbocycles. The van der Waals surface area contributed by atoms with Crippen molar-refractivity contribution in [3.8, 4) is 5.75 Å². The van der Waals surface area contributed by atoms with Crippen LogP contribution in [-0.4, -0.2) is 29.6 Å². The molecule has 2 atom stereocenters. The number of ether oxygens (including phenoxy) is 1. The normalized spacial score (nSPS) is 16.2. The second kappa shape index (κ2) is 11.6. The molecule has 37 heavy (non-hydrogen) atoms. The zero-order valence-corrected chi connectivity index (χ0v) is 23.5. The number of thioether (sulfide) groups is 1. The van der Waals surface area contributed by atoms with E-state index in [0.29, 0.717) is 28.8 Å². The van der Waals surface area contributed by atoms with Gasteiger partial charge in [-0.15, -0.1) is 11.8 Å². The average molecular weight is 537 g/mol. The monoisotopic (exact) mass is 536 g/mol. The molecule has 0 unspecified atom stereocenters. The fraction of sp³-hybridized carbons (Fsp3) is 0.333. The van der Waals surface area contributed by atoms with E-state index >= 15 is 0 Å². The van der Waals surface area contributed by atoms with Gasteiger partial charge >= 0.3 is 0 Å². The Morgan fingerprint density at radius 1 is 1.08 bits per heavy atom. The highest BCUT2D eigenvalue weighted by Gasteiger charge is 2.32. The number of halogens is 1. The van der Waals surface area contributed by atoms with Crippen molar-refractivity contribution in [3.63, 3.8) is 0 Å². The van der Waals surface area contributed by atoms with Crippen LogP contribution in [-0.2, 0) is 11.3 Å². The van der Waals surface area contributed by atoms with Gasteiger partial charge in [0.25, 0.3) is 5.91 Å². The Morgan fingerprint density at radius 3 is 2.38 bits per heavy atom. The molecule has 0 spiro atoms. The average Bonchev–Trinajstić information content (AvgIpc) is 3.24. The zero-order chi connectivity index (χ0) is 26.7. The van der Waals surface area contributed by atoms with E-state index in [2.05, 4.69) is 25.2 Å². The summed E-state index contributed by atoms with van der Waals surface area (Å²) in [5, 5.41) is 3.73. The van der Waals surface area contributed by atoms with Crippen LogP contribution in [0.2, 0.25) is 5.02 Å². The van der Waals surface area contributed by atoms with E-state index in [1.165, 1.54) is 0 Å². The highest BCUT2D eigenvalue weighted by atomic mass is 35.5. The van der Waals surface area contributed by atoms with Gasteiger partial charge in [0.15, 0.2) is 0 Å². The molecule has 1 heterocycles. The molecule has 0 aromatic heterocycles. The summed E-state index contributed by atoms with van der Waals surface area (Å²) in [4.78, 5) is 27.6. The lowest BCUT2D eigenvalue weighted by Crippen LogP contribution is -2.28. The van der Waals surface area contributed by atoms with Gasteiger partial charge in [-0.2, -0.15) is 0 Å². The first-order valence-electron chi connectivity index (χ1n) is 12.4. The summed E-state index contributed by atoms with van der Waals surface area (Å²) >= 11 is 7.61. The molecular weight excluding hydrogens is 504 g/mol. The number of hydrogen-bond acceptors (Lipinski definition) is 4. The Bertz CT molecular complexity index is 1280. The van der Waals surface area contributed by atoms with E-state index in [4.69, 9.17) is 16.3 Å². The van der Waals surface area contributed by atoms with Crippen LogP contribution in [0.4, 0.5) is 0 Å². The number of nitrogens with one attached hydrogen (secondary N) is 1. The number of methoxy groups -OCH3 is 1. The number of nitrogens with zero attached hydrogens (tertiary/aromatic N) is 1. The van der Waals surface area contributed by atoms with Crippen LogP contribution < -0.4 is 10.1 Å². The van der Waals surface area contributed by atoms with Crippen molar-refractivity contribution in [2.75, 3.05) is 12.9 Å². The maximum Gasteiger partial charge on any atom is 0.251 e. The lowest BCUT2D eigenvalue weighted by Gasteiger charge is -2.24. The number of aryl methyl sites for hydroxylation is 1. The molecule has 3 aromatic carbocycles. The summed E-state index contributed by atoms with van der Waals surface area (Å²) in [6, 6.07) is 19.1. The van der Waals surface area contributed by atoms with E-state index in [0.717, 1.165) is 33.6 Å². The molecule has 0 aliphatic carbocycles. The second-order valence-corrected chi connectivity index (χ2v) is 11.2. The summed E-state index contributed by atoms with van der Waals surface area (Å²) < 4.78 is 5.56. The fourth-order valence-electron chi connectivity index (χ4n) is 4.65. The van der Waals surface area contributed by atoms with Gasteiger partial charge in [-0.3, -0.25) is 9.59 Å². The minimum absolute atomic E-state index is 0.0874. The molecule has 5 nitrogen and oxygen atoms in total. The maximum atomic E-state index is 13.1. The van der Waals surface area contributed by atoms with Crippen LogP contribution in [0, 0.1) is 6.92 Å². The summed E-state index contributed by atoms with van der Waals surface area (Å²) in [6.45, 7) is 8.83. The summed E-state index contributed by atoms with van der Waals surface area (Å²) in [6.07, 6.45) is 0. The molecule has 7 heteroatoms. The predicted molar refractivity (Wildman–Crippen MR) is 151 cm³/mol. The van der Waals surface area contributed by atoms with E-state index in [9.17, 15) is 9.59 Å². The third-order valence-electron chi connectivity index (χ3n) is 6.75.